The van der Waals surface area contributed by atoms with Gasteiger partial charge < -0.3 is 18.9 Å². The minimum atomic E-state index is 0.615. The summed E-state index contributed by atoms with van der Waals surface area (Å²) in [6.45, 7) is 2.03. The van der Waals surface area contributed by atoms with E-state index < -0.39 is 0 Å². The van der Waals surface area contributed by atoms with Gasteiger partial charge in [-0.25, -0.2) is 0 Å². The number of hydrogen-bond donors (Lipinski definition) is 0. The van der Waals surface area contributed by atoms with Crippen LogP contribution in [-0.4, -0.2) is 45.9 Å². The molecule has 0 radical (unpaired) electrons. The van der Waals surface area contributed by atoms with E-state index in [1.165, 1.54) is 34.7 Å². The molecular weight excluding hydrogens is 402 g/mol. The van der Waals surface area contributed by atoms with E-state index in [-0.39, 0.29) is 0 Å². The third kappa shape index (κ3) is 3.36. The van der Waals surface area contributed by atoms with Gasteiger partial charge in [0.05, 0.1) is 28.4 Å². The number of ether oxygens (including phenoxy) is 4. The summed E-state index contributed by atoms with van der Waals surface area (Å²) in [5, 5.41) is 4.78. The molecule has 5 heteroatoms. The molecule has 5 rings (SSSR count). The zero-order valence-corrected chi connectivity index (χ0v) is 19.4. The van der Waals surface area contributed by atoms with Crippen molar-refractivity contribution in [3.63, 3.8) is 0 Å². The maximum absolute atomic E-state index is 5.68. The van der Waals surface area contributed by atoms with Gasteiger partial charge >= 0.3 is 0 Å². The van der Waals surface area contributed by atoms with E-state index in [0.717, 1.165) is 59.7 Å². The standard InChI is InChI=1S/C27H31NO4/c1-29-24-12-19-18-10-11-28(17-8-6-5-7-9-17)16-23(18)22-15-27(32-4)26(31-3)14-21(22)20(19)13-25(24)30-2/h5-6,12-15,17H,7-11,16H2,1-4H3. The van der Waals surface area contributed by atoms with Crippen LogP contribution in [0, 0.1) is 0 Å². The van der Waals surface area contributed by atoms with Gasteiger partial charge in [-0.05, 0) is 82.6 Å². The second kappa shape index (κ2) is 8.55. The van der Waals surface area contributed by atoms with Crippen molar-refractivity contribution in [3.05, 3.63) is 47.5 Å². The molecule has 1 aliphatic carbocycles. The Labute approximate surface area is 189 Å². The molecule has 0 saturated carbocycles. The average Bonchev–Trinajstić information content (AvgIpc) is 2.87. The molecular formula is C27H31NO4. The lowest BCUT2D eigenvalue weighted by atomic mass is 9.86. The molecule has 3 aromatic rings. The highest BCUT2D eigenvalue weighted by atomic mass is 16.5. The second-order valence-corrected chi connectivity index (χ2v) is 8.62. The molecule has 0 spiro atoms. The van der Waals surface area contributed by atoms with Gasteiger partial charge in [-0.2, -0.15) is 0 Å². The maximum atomic E-state index is 5.68. The lowest BCUT2D eigenvalue weighted by Crippen LogP contribution is -2.39. The Morgan fingerprint density at radius 1 is 0.688 bits per heavy atom. The summed E-state index contributed by atoms with van der Waals surface area (Å²) in [4.78, 5) is 2.66. The van der Waals surface area contributed by atoms with Crippen LogP contribution in [0.3, 0.4) is 0 Å². The van der Waals surface area contributed by atoms with Crippen molar-refractivity contribution in [3.8, 4) is 23.0 Å². The van der Waals surface area contributed by atoms with Crippen molar-refractivity contribution in [2.24, 2.45) is 0 Å². The molecule has 32 heavy (non-hydrogen) atoms. The highest BCUT2D eigenvalue weighted by Crippen LogP contribution is 2.45. The number of benzene rings is 3. The van der Waals surface area contributed by atoms with Crippen LogP contribution in [0.5, 0.6) is 23.0 Å². The fourth-order valence-corrected chi connectivity index (χ4v) is 5.45. The zero-order valence-electron chi connectivity index (χ0n) is 19.4. The van der Waals surface area contributed by atoms with Crippen LogP contribution < -0.4 is 18.9 Å². The van der Waals surface area contributed by atoms with Crippen LogP contribution in [0.15, 0.2) is 36.4 Å². The molecule has 0 bridgehead atoms. The van der Waals surface area contributed by atoms with E-state index in [1.54, 1.807) is 28.4 Å². The molecule has 2 aliphatic rings. The van der Waals surface area contributed by atoms with E-state index in [1.807, 2.05) is 0 Å². The van der Waals surface area contributed by atoms with Gasteiger partial charge in [0.1, 0.15) is 0 Å². The molecule has 1 aliphatic heterocycles. The second-order valence-electron chi connectivity index (χ2n) is 8.62. The number of nitrogens with zero attached hydrogens (tertiary/aromatic N) is 1. The number of allylic oxidation sites excluding steroid dienone is 1. The van der Waals surface area contributed by atoms with Crippen molar-refractivity contribution in [2.45, 2.75) is 38.3 Å². The first-order chi connectivity index (χ1) is 15.7. The number of hydrogen-bond acceptors (Lipinski definition) is 5. The van der Waals surface area contributed by atoms with Crippen LogP contribution in [0.1, 0.15) is 30.4 Å². The Morgan fingerprint density at radius 2 is 1.22 bits per heavy atom. The normalized spacial score (nSPS) is 18.6. The Balaban J connectivity index is 1.78. The predicted molar refractivity (Wildman–Crippen MR) is 129 cm³/mol. The molecule has 0 N–H and O–H groups in total. The molecule has 3 aromatic carbocycles. The minimum absolute atomic E-state index is 0.615. The third-order valence-corrected chi connectivity index (χ3v) is 7.12. The zero-order chi connectivity index (χ0) is 22.2. The summed E-state index contributed by atoms with van der Waals surface area (Å²) < 4.78 is 22.6. The number of methoxy groups -OCH3 is 4. The summed E-state index contributed by atoms with van der Waals surface area (Å²) in [5.41, 5.74) is 2.80. The Bertz CT molecular complexity index is 1200. The molecule has 1 atom stereocenters. The SMILES string of the molecule is COc1cc2c3c(c4cc(OC)c(OC)cc4c2cc1OC)CN(C1CC=CCC1)CC3. The van der Waals surface area contributed by atoms with Crippen molar-refractivity contribution in [1.29, 1.82) is 0 Å². The molecule has 5 nitrogen and oxygen atoms in total. The highest BCUT2D eigenvalue weighted by molar-refractivity contribution is 6.12. The first-order valence-corrected chi connectivity index (χ1v) is 11.3. The van der Waals surface area contributed by atoms with E-state index in [2.05, 4.69) is 41.3 Å². The van der Waals surface area contributed by atoms with Crippen LogP contribution >= 0.6 is 0 Å². The predicted octanol–water partition coefficient (Wildman–Crippen LogP) is 5.49. The van der Waals surface area contributed by atoms with Gasteiger partial charge in [-0.3, -0.25) is 4.90 Å². The van der Waals surface area contributed by atoms with Crippen molar-refractivity contribution < 1.29 is 18.9 Å². The third-order valence-electron chi connectivity index (χ3n) is 7.12. The number of rotatable bonds is 5. The molecule has 0 amide bonds. The fraction of sp³-hybridized carbons (Fsp3) is 0.407. The van der Waals surface area contributed by atoms with Crippen LogP contribution in [-0.2, 0) is 13.0 Å². The fourth-order valence-electron chi connectivity index (χ4n) is 5.45. The largest absolute Gasteiger partial charge is 0.493 e. The number of fused-ring (bicyclic) bond motifs is 6. The summed E-state index contributed by atoms with van der Waals surface area (Å²) in [5.74, 6) is 3.00. The molecule has 0 saturated heterocycles. The molecule has 168 valence electrons. The monoisotopic (exact) mass is 433 g/mol. The van der Waals surface area contributed by atoms with Gasteiger partial charge in [-0.1, -0.05) is 12.2 Å². The lowest BCUT2D eigenvalue weighted by Gasteiger charge is -2.37. The van der Waals surface area contributed by atoms with E-state index >= 15 is 0 Å². The maximum Gasteiger partial charge on any atom is 0.161 e. The van der Waals surface area contributed by atoms with Gasteiger partial charge in [0.2, 0.25) is 0 Å². The van der Waals surface area contributed by atoms with Crippen molar-refractivity contribution in [2.75, 3.05) is 35.0 Å². The van der Waals surface area contributed by atoms with E-state index in [0.29, 0.717) is 6.04 Å². The quantitative estimate of drug-likeness (QED) is 0.393. The van der Waals surface area contributed by atoms with Gasteiger partial charge in [0.15, 0.2) is 23.0 Å². The highest BCUT2D eigenvalue weighted by Gasteiger charge is 2.28. The van der Waals surface area contributed by atoms with Crippen molar-refractivity contribution in [1.82, 2.24) is 4.90 Å². The topological polar surface area (TPSA) is 40.2 Å². The van der Waals surface area contributed by atoms with Gasteiger partial charge in [0, 0.05) is 19.1 Å². The smallest absolute Gasteiger partial charge is 0.161 e. The summed E-state index contributed by atoms with van der Waals surface area (Å²) in [6.07, 6.45) is 9.23. The van der Waals surface area contributed by atoms with E-state index in [4.69, 9.17) is 18.9 Å². The Hall–Kier alpha value is -2.92. The summed E-state index contributed by atoms with van der Waals surface area (Å²) in [7, 11) is 6.77. The van der Waals surface area contributed by atoms with Gasteiger partial charge in [-0.15, -0.1) is 0 Å². The molecule has 1 unspecified atom stereocenters. The van der Waals surface area contributed by atoms with E-state index in [9.17, 15) is 0 Å². The first-order valence-electron chi connectivity index (χ1n) is 11.3. The lowest BCUT2D eigenvalue weighted by molar-refractivity contribution is 0.169. The van der Waals surface area contributed by atoms with Crippen molar-refractivity contribution >= 4 is 21.5 Å². The Morgan fingerprint density at radius 3 is 1.72 bits per heavy atom. The molecule has 0 aromatic heterocycles. The first kappa shape index (κ1) is 21.0. The van der Waals surface area contributed by atoms with Crippen LogP contribution in [0.2, 0.25) is 0 Å². The van der Waals surface area contributed by atoms with Gasteiger partial charge in [0.25, 0.3) is 0 Å². The Kier molecular flexibility index (Phi) is 5.60. The molecule has 0 fully saturated rings. The van der Waals surface area contributed by atoms with Crippen LogP contribution in [0.4, 0.5) is 0 Å². The van der Waals surface area contributed by atoms with Crippen LogP contribution in [0.25, 0.3) is 21.5 Å². The summed E-state index contributed by atoms with van der Waals surface area (Å²) >= 11 is 0. The summed E-state index contributed by atoms with van der Waals surface area (Å²) in [6, 6.07) is 9.10. The average molecular weight is 434 g/mol. The molecule has 1 heterocycles. The minimum Gasteiger partial charge on any atom is -0.493 e.